The first-order valence-electron chi connectivity index (χ1n) is 20.5. The molecule has 0 atom stereocenters. The number of phenols is 1. The number of para-hydroxylation sites is 2. The molecule has 0 spiro atoms. The first-order chi connectivity index (χ1) is 28.3. The van der Waals surface area contributed by atoms with Crippen LogP contribution in [0.1, 0.15) is 63.8 Å². The van der Waals surface area contributed by atoms with Gasteiger partial charge in [-0.1, -0.05) is 143 Å². The van der Waals surface area contributed by atoms with E-state index in [1.165, 1.54) is 5.56 Å². The van der Waals surface area contributed by atoms with Gasteiger partial charge in [-0.05, 0) is 77.4 Å². The van der Waals surface area contributed by atoms with Crippen LogP contribution in [0.2, 0.25) is 0 Å². The summed E-state index contributed by atoms with van der Waals surface area (Å²) in [5.74, 6) is 0.944. The van der Waals surface area contributed by atoms with Gasteiger partial charge in [-0.3, -0.25) is 9.55 Å². The van der Waals surface area contributed by atoms with Crippen molar-refractivity contribution in [3.05, 3.63) is 162 Å². The van der Waals surface area contributed by atoms with Gasteiger partial charge in [0.1, 0.15) is 11.6 Å². The fourth-order valence-corrected chi connectivity index (χ4v) is 8.88. The van der Waals surface area contributed by atoms with Crippen molar-refractivity contribution < 1.29 is 26.2 Å². The van der Waals surface area contributed by atoms with Crippen molar-refractivity contribution in [3.8, 4) is 45.1 Å². The van der Waals surface area contributed by atoms with Crippen molar-refractivity contribution >= 4 is 49.3 Å². The van der Waals surface area contributed by atoms with Crippen molar-refractivity contribution in [1.29, 1.82) is 0 Å². The molecule has 0 fully saturated rings. The Balaban J connectivity index is 0.00000462. The number of fused-ring (bicyclic) bond motifs is 8. The molecule has 4 aromatic heterocycles. The van der Waals surface area contributed by atoms with E-state index in [9.17, 15) is 5.11 Å². The van der Waals surface area contributed by atoms with Gasteiger partial charge in [-0.15, -0.1) is 23.3 Å². The number of phenolic OH excluding ortho intramolecular Hbond substituents is 1. The molecule has 0 aliphatic rings. The third-order valence-corrected chi connectivity index (χ3v) is 11.9. The van der Waals surface area contributed by atoms with Crippen LogP contribution < -0.4 is 0 Å². The normalized spacial score (nSPS) is 12.3. The minimum Gasteiger partial charge on any atom is -0.507 e. The molecule has 0 amide bonds. The van der Waals surface area contributed by atoms with Gasteiger partial charge < -0.3 is 9.51 Å². The number of hydrogen-bond donors (Lipinski definition) is 1. The topological polar surface area (TPSA) is 55.3 Å². The van der Waals surface area contributed by atoms with Gasteiger partial charge in [0, 0.05) is 60.3 Å². The molecule has 0 saturated carbocycles. The van der Waals surface area contributed by atoms with Crippen molar-refractivity contribution in [1.82, 2.24) is 18.9 Å². The molecule has 0 saturated heterocycles. The molecule has 5 nitrogen and oxygen atoms in total. The Morgan fingerprint density at radius 3 is 2.13 bits per heavy atom. The van der Waals surface area contributed by atoms with Crippen molar-refractivity contribution in [2.45, 2.75) is 66.2 Å². The Bertz CT molecular complexity index is 3320. The van der Waals surface area contributed by atoms with E-state index in [0.29, 0.717) is 11.4 Å². The smallest absolute Gasteiger partial charge is 0.148 e. The number of rotatable bonds is 4. The number of pyridine rings is 2. The van der Waals surface area contributed by atoms with Gasteiger partial charge in [0.25, 0.3) is 0 Å². The predicted molar refractivity (Wildman–Crippen MR) is 246 cm³/mol. The van der Waals surface area contributed by atoms with E-state index in [1.807, 2.05) is 6.07 Å². The van der Waals surface area contributed by atoms with Gasteiger partial charge in [-0.25, -0.2) is 4.98 Å². The maximum atomic E-state index is 12.4. The van der Waals surface area contributed by atoms with Crippen LogP contribution in [-0.2, 0) is 31.9 Å². The van der Waals surface area contributed by atoms with Crippen LogP contribution in [0.3, 0.4) is 0 Å². The molecule has 0 radical (unpaired) electrons. The number of imidazole rings is 1. The van der Waals surface area contributed by atoms with Crippen LogP contribution in [0.15, 0.2) is 134 Å². The summed E-state index contributed by atoms with van der Waals surface area (Å²) in [6, 6.07) is 48.9. The number of benzene rings is 6. The Morgan fingerprint density at radius 2 is 1.37 bits per heavy atom. The summed E-state index contributed by atoms with van der Waals surface area (Å²) in [4.78, 5) is 10.9. The van der Waals surface area contributed by atoms with E-state index >= 15 is 0 Å². The third-order valence-electron chi connectivity index (χ3n) is 11.9. The number of hydrogen-bond acceptors (Lipinski definition) is 3. The summed E-state index contributed by atoms with van der Waals surface area (Å²) < 4.78 is 4.51. The SMILES string of the molecule is Cc1ccc(-n2c(-c3cc(C(C)(C)C)cc(C(C)(C)C)c3O)nc3c(-c4[c-]c5c6nc7ccccc7cc6n6cccc6c5c(C)c4)cccc32)c(-c2ccccc2)c1.[Pt]. The monoisotopic (exact) mass is 962 g/mol. The largest absolute Gasteiger partial charge is 0.507 e. The first-order valence-corrected chi connectivity index (χ1v) is 20.5. The summed E-state index contributed by atoms with van der Waals surface area (Å²) in [5.41, 5.74) is 15.5. The molecule has 1 N–H and O–H groups in total. The van der Waals surface area contributed by atoms with Crippen LogP contribution in [0.4, 0.5) is 0 Å². The molecule has 10 aromatic rings. The summed E-state index contributed by atoms with van der Waals surface area (Å²) >= 11 is 0. The second-order valence-electron chi connectivity index (χ2n) is 18.2. The van der Waals surface area contributed by atoms with Crippen LogP contribution in [0, 0.1) is 19.9 Å². The molecule has 0 unspecified atom stereocenters. The Labute approximate surface area is 365 Å². The first kappa shape index (κ1) is 39.4. The second-order valence-corrected chi connectivity index (χ2v) is 18.2. The fraction of sp³-hybridized carbons (Fsp3) is 0.185. The Kier molecular flexibility index (Phi) is 9.41. The van der Waals surface area contributed by atoms with E-state index in [-0.39, 0.29) is 37.6 Å². The quantitative estimate of drug-likeness (QED) is 0.109. The molecule has 6 aromatic carbocycles. The average Bonchev–Trinajstić information content (AvgIpc) is 3.85. The average molecular weight is 963 g/mol. The summed E-state index contributed by atoms with van der Waals surface area (Å²) in [6.07, 6.45) is 2.12. The molecule has 0 aliphatic heterocycles. The molecule has 10 rings (SSSR count). The van der Waals surface area contributed by atoms with E-state index in [2.05, 4.69) is 198 Å². The minimum atomic E-state index is -0.313. The minimum absolute atomic E-state index is 0. The molecule has 0 aliphatic carbocycles. The van der Waals surface area contributed by atoms with E-state index in [0.717, 1.165) is 93.9 Å². The van der Waals surface area contributed by atoms with Gasteiger partial charge in [-0.2, -0.15) is 0 Å². The van der Waals surface area contributed by atoms with Crippen molar-refractivity contribution in [3.63, 3.8) is 0 Å². The zero-order chi connectivity index (χ0) is 41.0. The molecule has 4 heterocycles. The van der Waals surface area contributed by atoms with E-state index < -0.39 is 0 Å². The summed E-state index contributed by atoms with van der Waals surface area (Å²) in [5, 5.41) is 15.6. The van der Waals surface area contributed by atoms with E-state index in [4.69, 9.17) is 9.97 Å². The van der Waals surface area contributed by atoms with Gasteiger partial charge >= 0.3 is 0 Å². The standard InChI is InChI=1S/C54H47N4O.Pt/c1-32-23-24-44(39(26-32)34-16-10-9-11-17-34)58-46-21-14-19-38(49(46)56-52(58)41-30-37(53(3,4)5)31-42(51(41)59)54(6,7)8)36-27-33(2)48-40(28-36)50-47(57-25-15-22-45(48)57)29-35-18-12-13-20-43(35)55-50;/h9-27,29-31,59H,1-8H3;/q-1;. The van der Waals surface area contributed by atoms with Crippen molar-refractivity contribution in [2.24, 2.45) is 0 Å². The predicted octanol–water partition coefficient (Wildman–Crippen LogP) is 13.8. The molecule has 300 valence electrons. The van der Waals surface area contributed by atoms with Crippen LogP contribution >= 0.6 is 0 Å². The Morgan fingerprint density at radius 1 is 0.617 bits per heavy atom. The molecule has 6 heteroatoms. The van der Waals surface area contributed by atoms with Crippen LogP contribution in [0.25, 0.3) is 88.6 Å². The maximum Gasteiger partial charge on any atom is 0.148 e. The van der Waals surface area contributed by atoms with Crippen molar-refractivity contribution in [2.75, 3.05) is 0 Å². The van der Waals surface area contributed by atoms with Crippen LogP contribution in [0.5, 0.6) is 5.75 Å². The molecular weight excluding hydrogens is 916 g/mol. The van der Waals surface area contributed by atoms with Gasteiger partial charge in [0.15, 0.2) is 0 Å². The second kappa shape index (κ2) is 14.3. The Hall–Kier alpha value is -6.03. The zero-order valence-corrected chi connectivity index (χ0v) is 37.5. The van der Waals surface area contributed by atoms with Crippen LogP contribution in [-0.4, -0.2) is 24.0 Å². The number of aryl methyl sites for hydroxylation is 2. The molecule has 0 bridgehead atoms. The molecular formula is C54H47N4OPt-. The number of nitrogens with zero attached hydrogens (tertiary/aromatic N) is 4. The third kappa shape index (κ3) is 6.34. The van der Waals surface area contributed by atoms with E-state index in [1.54, 1.807) is 0 Å². The summed E-state index contributed by atoms with van der Waals surface area (Å²) in [6.45, 7) is 17.5. The maximum absolute atomic E-state index is 12.4. The summed E-state index contributed by atoms with van der Waals surface area (Å²) in [7, 11) is 0. The fourth-order valence-electron chi connectivity index (χ4n) is 8.88. The number of aromatic nitrogens is 4. The van der Waals surface area contributed by atoms with Gasteiger partial charge in [0.05, 0.1) is 27.8 Å². The van der Waals surface area contributed by atoms with Gasteiger partial charge in [0.2, 0.25) is 0 Å². The molecule has 60 heavy (non-hydrogen) atoms. The number of aromatic hydroxyl groups is 1. The zero-order valence-electron chi connectivity index (χ0n) is 35.3.